The molecule has 1 fully saturated rings. The third-order valence-electron chi connectivity index (χ3n) is 3.89. The molecule has 0 saturated carbocycles. The second kappa shape index (κ2) is 5.39. The second-order valence-corrected chi connectivity index (χ2v) is 9.11. The van der Waals surface area contributed by atoms with E-state index < -0.39 is 15.8 Å². The summed E-state index contributed by atoms with van der Waals surface area (Å²) < 4.78 is 40.8. The fourth-order valence-corrected chi connectivity index (χ4v) is 4.36. The molecule has 1 saturated heterocycles. The van der Waals surface area contributed by atoms with Gasteiger partial charge in [0.15, 0.2) is 0 Å². The monoisotopic (exact) mass is 363 g/mol. The first-order valence-corrected chi connectivity index (χ1v) is 8.81. The molecule has 3 nitrogen and oxygen atoms in total. The molecule has 0 radical (unpaired) electrons. The zero-order valence-electron chi connectivity index (χ0n) is 11.9. The van der Waals surface area contributed by atoms with Crippen LogP contribution in [0.5, 0.6) is 0 Å². The Balaban J connectivity index is 2.28. The van der Waals surface area contributed by atoms with E-state index in [0.717, 1.165) is 6.42 Å². The van der Waals surface area contributed by atoms with E-state index in [9.17, 15) is 12.8 Å². The highest BCUT2D eigenvalue weighted by Crippen LogP contribution is 2.36. The molecule has 6 heteroatoms. The van der Waals surface area contributed by atoms with Crippen molar-refractivity contribution in [2.24, 2.45) is 11.3 Å². The molecule has 0 N–H and O–H groups in total. The summed E-state index contributed by atoms with van der Waals surface area (Å²) in [5.74, 6) is -0.408. The zero-order chi connectivity index (χ0) is 15.1. The van der Waals surface area contributed by atoms with Gasteiger partial charge in [-0.2, -0.15) is 4.31 Å². The third kappa shape index (κ3) is 3.07. The number of hydrogen-bond acceptors (Lipinski definition) is 2. The molecule has 1 atom stereocenters. The van der Waals surface area contributed by atoms with Gasteiger partial charge >= 0.3 is 0 Å². The van der Waals surface area contributed by atoms with E-state index in [1.165, 1.54) is 16.4 Å². The fourth-order valence-electron chi connectivity index (χ4n) is 2.48. The average molecular weight is 364 g/mol. The van der Waals surface area contributed by atoms with Gasteiger partial charge in [-0.3, -0.25) is 0 Å². The van der Waals surface area contributed by atoms with Crippen molar-refractivity contribution in [1.29, 1.82) is 0 Å². The highest BCUT2D eigenvalue weighted by molar-refractivity contribution is 9.10. The van der Waals surface area contributed by atoms with Crippen molar-refractivity contribution >= 4 is 26.0 Å². The van der Waals surface area contributed by atoms with E-state index in [2.05, 4.69) is 36.7 Å². The molecule has 2 rings (SSSR count). The van der Waals surface area contributed by atoms with E-state index >= 15 is 0 Å². The van der Waals surface area contributed by atoms with E-state index in [1.807, 2.05) is 0 Å². The lowest BCUT2D eigenvalue weighted by molar-refractivity contribution is 0.252. The lowest BCUT2D eigenvalue weighted by atomic mass is 9.80. The van der Waals surface area contributed by atoms with Crippen molar-refractivity contribution < 1.29 is 12.8 Å². The molecule has 0 amide bonds. The van der Waals surface area contributed by atoms with Crippen LogP contribution in [0.15, 0.2) is 27.6 Å². The Kier molecular flexibility index (Phi) is 4.29. The van der Waals surface area contributed by atoms with Crippen LogP contribution in [-0.4, -0.2) is 25.8 Å². The smallest absolute Gasteiger partial charge is 0.207 e. The van der Waals surface area contributed by atoms with Gasteiger partial charge < -0.3 is 0 Å². The van der Waals surface area contributed by atoms with Crippen LogP contribution in [0.25, 0.3) is 0 Å². The number of halogens is 2. The summed E-state index contributed by atoms with van der Waals surface area (Å²) in [6.07, 6.45) is 0.820. The Labute approximate surface area is 128 Å². The molecule has 0 aliphatic carbocycles. The fraction of sp³-hybridized carbons (Fsp3) is 0.571. The van der Waals surface area contributed by atoms with Gasteiger partial charge in [-0.1, -0.05) is 36.7 Å². The molecule has 1 aromatic rings. The van der Waals surface area contributed by atoms with Crippen molar-refractivity contribution in [3.8, 4) is 0 Å². The normalized spacial score (nSPS) is 21.4. The average Bonchev–Trinajstić information content (AvgIpc) is 2.77. The van der Waals surface area contributed by atoms with Crippen LogP contribution >= 0.6 is 15.9 Å². The predicted molar refractivity (Wildman–Crippen MR) is 80.4 cm³/mol. The van der Waals surface area contributed by atoms with Crippen LogP contribution in [0.2, 0.25) is 0 Å². The van der Waals surface area contributed by atoms with Gasteiger partial charge in [0.25, 0.3) is 0 Å². The van der Waals surface area contributed by atoms with Crippen molar-refractivity contribution in [2.45, 2.75) is 32.1 Å². The van der Waals surface area contributed by atoms with Crippen LogP contribution in [0.1, 0.15) is 27.2 Å². The number of benzene rings is 1. The van der Waals surface area contributed by atoms with Crippen LogP contribution in [0.3, 0.4) is 0 Å². The van der Waals surface area contributed by atoms with Gasteiger partial charge in [-0.25, -0.2) is 12.8 Å². The highest BCUT2D eigenvalue weighted by atomic mass is 79.9. The van der Waals surface area contributed by atoms with Gasteiger partial charge in [-0.15, -0.1) is 0 Å². The van der Waals surface area contributed by atoms with E-state index in [0.29, 0.717) is 23.5 Å². The molecule has 112 valence electrons. The molecule has 1 aliphatic rings. The van der Waals surface area contributed by atoms with Crippen LogP contribution in [0.4, 0.5) is 4.39 Å². The molecule has 1 unspecified atom stereocenters. The number of sulfonamides is 1. The van der Waals surface area contributed by atoms with Gasteiger partial charge in [0.2, 0.25) is 10.0 Å². The lowest BCUT2D eigenvalue weighted by Gasteiger charge is -2.26. The van der Waals surface area contributed by atoms with Crippen molar-refractivity contribution in [2.75, 3.05) is 13.1 Å². The molecule has 1 heterocycles. The molecular weight excluding hydrogens is 345 g/mol. The Bertz CT molecular complexity index is 610. The largest absolute Gasteiger partial charge is 0.245 e. The molecular formula is C14H19BrFNO2S. The first-order chi connectivity index (χ1) is 9.12. The lowest BCUT2D eigenvalue weighted by Crippen LogP contribution is -2.31. The Morgan fingerprint density at radius 2 is 2.00 bits per heavy atom. The number of hydrogen-bond donors (Lipinski definition) is 0. The summed E-state index contributed by atoms with van der Waals surface area (Å²) in [4.78, 5) is -0.241. The molecule has 1 aromatic carbocycles. The first-order valence-electron chi connectivity index (χ1n) is 6.57. The number of nitrogens with zero attached hydrogens (tertiary/aromatic N) is 1. The molecule has 1 aliphatic heterocycles. The minimum atomic E-state index is -3.74. The summed E-state index contributed by atoms with van der Waals surface area (Å²) in [6, 6.07) is 4.05. The first kappa shape index (κ1) is 15.9. The van der Waals surface area contributed by atoms with E-state index in [-0.39, 0.29) is 10.3 Å². The summed E-state index contributed by atoms with van der Waals surface area (Å²) in [5.41, 5.74) is 0.0581. The summed E-state index contributed by atoms with van der Waals surface area (Å²) in [5, 5.41) is 0. The maximum Gasteiger partial charge on any atom is 0.245 e. The second-order valence-electron chi connectivity index (χ2n) is 6.29. The SMILES string of the molecule is CC(C)(C)C1CCN(S(=O)(=O)c2ccc(Br)cc2F)C1. The summed E-state index contributed by atoms with van der Waals surface area (Å²) in [6.45, 7) is 7.23. The van der Waals surface area contributed by atoms with Crippen LogP contribution in [-0.2, 0) is 10.0 Å². The van der Waals surface area contributed by atoms with E-state index in [1.54, 1.807) is 6.07 Å². The van der Waals surface area contributed by atoms with Gasteiger partial charge in [0, 0.05) is 17.6 Å². The summed E-state index contributed by atoms with van der Waals surface area (Å²) in [7, 11) is -3.74. The zero-order valence-corrected chi connectivity index (χ0v) is 14.3. The molecule has 20 heavy (non-hydrogen) atoms. The Hall–Kier alpha value is -0.460. The minimum absolute atomic E-state index is 0.0581. The molecule has 0 spiro atoms. The minimum Gasteiger partial charge on any atom is -0.207 e. The van der Waals surface area contributed by atoms with Gasteiger partial charge in [-0.05, 0) is 36.0 Å². The molecule has 0 aromatic heterocycles. The Morgan fingerprint density at radius 3 is 2.50 bits per heavy atom. The van der Waals surface area contributed by atoms with Crippen molar-refractivity contribution in [3.63, 3.8) is 0 Å². The van der Waals surface area contributed by atoms with Crippen LogP contribution < -0.4 is 0 Å². The maximum absolute atomic E-state index is 13.9. The van der Waals surface area contributed by atoms with Crippen molar-refractivity contribution in [3.05, 3.63) is 28.5 Å². The Morgan fingerprint density at radius 1 is 1.35 bits per heavy atom. The quantitative estimate of drug-likeness (QED) is 0.804. The van der Waals surface area contributed by atoms with Gasteiger partial charge in [0.05, 0.1) is 0 Å². The van der Waals surface area contributed by atoms with Crippen molar-refractivity contribution in [1.82, 2.24) is 4.31 Å². The standard InChI is InChI=1S/C14H19BrFNO2S/c1-14(2,3)10-6-7-17(9-10)20(18,19)13-5-4-11(15)8-12(13)16/h4-5,8,10H,6-7,9H2,1-3H3. The third-order valence-corrected chi connectivity index (χ3v) is 6.28. The predicted octanol–water partition coefficient (Wildman–Crippen LogP) is 3.64. The summed E-state index contributed by atoms with van der Waals surface area (Å²) >= 11 is 3.13. The van der Waals surface area contributed by atoms with Gasteiger partial charge in [0.1, 0.15) is 10.7 Å². The topological polar surface area (TPSA) is 37.4 Å². The highest BCUT2D eigenvalue weighted by Gasteiger charge is 2.38. The van der Waals surface area contributed by atoms with Crippen LogP contribution in [0, 0.1) is 17.2 Å². The maximum atomic E-state index is 13.9. The number of rotatable bonds is 2. The van der Waals surface area contributed by atoms with E-state index in [4.69, 9.17) is 0 Å². The molecule has 0 bridgehead atoms.